The van der Waals surface area contributed by atoms with Gasteiger partial charge in [0.2, 0.25) is 0 Å². The molecular formula is C56H38N4. The fraction of sp³-hybridized carbons (Fsp3) is 0.0357. The first-order valence-corrected chi connectivity index (χ1v) is 20.6. The molecule has 2 aromatic heterocycles. The molecule has 0 fully saturated rings. The minimum absolute atomic E-state index is 0.464. The van der Waals surface area contributed by atoms with E-state index in [9.17, 15) is 0 Å². The highest BCUT2D eigenvalue weighted by Gasteiger charge is 2.24. The van der Waals surface area contributed by atoms with E-state index >= 15 is 0 Å². The van der Waals surface area contributed by atoms with Crippen molar-refractivity contribution < 1.29 is 0 Å². The predicted molar refractivity (Wildman–Crippen MR) is 254 cm³/mol. The number of aliphatic imine (C=N–C) groups is 2. The average molecular weight is 767 g/mol. The van der Waals surface area contributed by atoms with Crippen molar-refractivity contribution >= 4 is 72.5 Å². The van der Waals surface area contributed by atoms with E-state index in [1.165, 1.54) is 82.4 Å². The first-order chi connectivity index (χ1) is 29.7. The van der Waals surface area contributed by atoms with Gasteiger partial charge in [-0.15, -0.1) is 0 Å². The fourth-order valence-corrected chi connectivity index (χ4v) is 9.89. The van der Waals surface area contributed by atoms with Crippen LogP contribution in [0.25, 0.3) is 88.0 Å². The van der Waals surface area contributed by atoms with Crippen LogP contribution in [0.3, 0.4) is 0 Å². The molecule has 10 aromatic rings. The van der Waals surface area contributed by atoms with Crippen LogP contribution >= 0.6 is 0 Å². The van der Waals surface area contributed by atoms with E-state index in [-0.39, 0.29) is 0 Å². The Bertz CT molecular complexity index is 3540. The van der Waals surface area contributed by atoms with E-state index < -0.39 is 0 Å². The van der Waals surface area contributed by atoms with Gasteiger partial charge in [-0.3, -0.25) is 9.98 Å². The summed E-state index contributed by atoms with van der Waals surface area (Å²) in [6, 6.07) is 61.9. The van der Waals surface area contributed by atoms with Crippen molar-refractivity contribution in [2.75, 3.05) is 0 Å². The molecule has 0 bridgehead atoms. The first-order valence-electron chi connectivity index (χ1n) is 20.6. The van der Waals surface area contributed by atoms with Crippen LogP contribution in [0.5, 0.6) is 0 Å². The van der Waals surface area contributed by atoms with E-state index in [0.29, 0.717) is 6.67 Å². The van der Waals surface area contributed by atoms with Gasteiger partial charge in [0.1, 0.15) is 6.67 Å². The molecule has 0 unspecified atom stereocenters. The number of allylic oxidation sites excluding steroid dienone is 5. The molecule has 0 saturated carbocycles. The Hall–Kier alpha value is -7.82. The molecule has 4 heteroatoms. The molecule has 2 aliphatic carbocycles. The van der Waals surface area contributed by atoms with E-state index in [4.69, 9.17) is 4.99 Å². The summed E-state index contributed by atoms with van der Waals surface area (Å²) >= 11 is 0. The quantitative estimate of drug-likeness (QED) is 0.151. The molecule has 0 N–H and O–H groups in total. The molecule has 2 aliphatic rings. The Morgan fingerprint density at radius 2 is 1.20 bits per heavy atom. The lowest BCUT2D eigenvalue weighted by molar-refractivity contribution is 0.793. The zero-order valence-corrected chi connectivity index (χ0v) is 32.9. The number of hydrogen-bond acceptors (Lipinski definition) is 2. The van der Waals surface area contributed by atoms with Gasteiger partial charge in [-0.05, 0) is 112 Å². The molecule has 12 rings (SSSR count). The summed E-state index contributed by atoms with van der Waals surface area (Å²) in [5.41, 5.74) is 17.4. The minimum Gasteiger partial charge on any atom is -0.320 e. The van der Waals surface area contributed by atoms with Crippen molar-refractivity contribution in [3.8, 4) is 27.9 Å². The van der Waals surface area contributed by atoms with E-state index in [1.54, 1.807) is 0 Å². The zero-order chi connectivity index (χ0) is 39.7. The fourth-order valence-electron chi connectivity index (χ4n) is 9.89. The smallest absolute Gasteiger partial charge is 0.115 e. The summed E-state index contributed by atoms with van der Waals surface area (Å²) in [7, 11) is 0. The molecule has 0 aliphatic heterocycles. The van der Waals surface area contributed by atoms with Crippen molar-refractivity contribution in [1.29, 1.82) is 0 Å². The lowest BCUT2D eigenvalue weighted by Gasteiger charge is -2.22. The van der Waals surface area contributed by atoms with Gasteiger partial charge in [-0.25, -0.2) is 0 Å². The predicted octanol–water partition coefficient (Wildman–Crippen LogP) is 13.9. The molecule has 2 heterocycles. The number of rotatable bonds is 6. The maximum Gasteiger partial charge on any atom is 0.115 e. The van der Waals surface area contributed by atoms with Gasteiger partial charge in [0.25, 0.3) is 0 Å². The Labute approximate surface area is 347 Å². The number of aromatic nitrogens is 2. The number of hydrogen-bond donors (Lipinski definition) is 0. The van der Waals surface area contributed by atoms with Crippen LogP contribution < -0.4 is 0 Å². The van der Waals surface area contributed by atoms with Crippen molar-refractivity contribution in [3.63, 3.8) is 0 Å². The molecule has 0 amide bonds. The molecule has 0 radical (unpaired) electrons. The largest absolute Gasteiger partial charge is 0.320 e. The molecule has 4 nitrogen and oxygen atoms in total. The monoisotopic (exact) mass is 766 g/mol. The topological polar surface area (TPSA) is 34.6 Å². The highest BCUT2D eigenvalue weighted by atomic mass is 15.1. The zero-order valence-electron chi connectivity index (χ0n) is 32.9. The standard InChI is InChI=1S/C56H38N4/c1-57-56(36-15-4-2-5-16-36)45-22-10-12-25-49(45)58-35-59-50-26-13-11-21-43(50)47-32-37(27-29-51(47)59)38-28-30-52-48(33-38)55-46-24-14-23-44-42-20-9-8-17-39(42)31-40(54(44)46)34-53(55)60(52)41-18-6-3-7-19-41/h2-30,32-34H,1,31,35H2/b56-45-,58-49?. The number of nitrogens with zero attached hydrogens (tertiary/aromatic N) is 4. The summed E-state index contributed by atoms with van der Waals surface area (Å²) < 4.78 is 4.79. The van der Waals surface area contributed by atoms with Crippen LogP contribution in [0.2, 0.25) is 0 Å². The summed E-state index contributed by atoms with van der Waals surface area (Å²) in [6.45, 7) is 4.39. The number of para-hydroxylation sites is 2. The highest BCUT2D eigenvalue weighted by molar-refractivity contribution is 6.25. The van der Waals surface area contributed by atoms with Crippen LogP contribution in [0.1, 0.15) is 16.7 Å². The second-order valence-electron chi connectivity index (χ2n) is 15.8. The third-order valence-corrected chi connectivity index (χ3v) is 12.5. The molecule has 60 heavy (non-hydrogen) atoms. The summed E-state index contributed by atoms with van der Waals surface area (Å²) in [6.07, 6.45) is 9.14. The second kappa shape index (κ2) is 13.6. The van der Waals surface area contributed by atoms with Crippen molar-refractivity contribution in [2.45, 2.75) is 13.1 Å². The Balaban J connectivity index is 1.02. The van der Waals surface area contributed by atoms with E-state index in [0.717, 1.165) is 40.0 Å². The summed E-state index contributed by atoms with van der Waals surface area (Å²) in [5.74, 6) is 0. The molecule has 0 spiro atoms. The van der Waals surface area contributed by atoms with Crippen LogP contribution in [0.15, 0.2) is 210 Å². The van der Waals surface area contributed by atoms with Gasteiger partial charge in [0.15, 0.2) is 0 Å². The maximum absolute atomic E-state index is 5.23. The SMILES string of the molecule is C=N/C(=C1/C=CC=CC1=NCn1c2ccccc2c2cc(-c3ccc4c(c3)c3c5cccc6c5c(cc3n4-c3ccccc3)Cc3ccccc3-6)ccc21)c1ccccc1. The summed E-state index contributed by atoms with van der Waals surface area (Å²) in [5, 5.41) is 7.67. The normalized spacial score (nSPS) is 14.8. The van der Waals surface area contributed by atoms with Gasteiger partial charge in [0.05, 0.1) is 33.5 Å². The van der Waals surface area contributed by atoms with Gasteiger partial charge >= 0.3 is 0 Å². The lowest BCUT2D eigenvalue weighted by Crippen LogP contribution is -2.06. The highest BCUT2D eigenvalue weighted by Crippen LogP contribution is 2.46. The third kappa shape index (κ3) is 5.24. The van der Waals surface area contributed by atoms with Crippen molar-refractivity contribution in [2.24, 2.45) is 9.98 Å². The van der Waals surface area contributed by atoms with E-state index in [2.05, 4.69) is 185 Å². The van der Waals surface area contributed by atoms with Crippen LogP contribution in [-0.4, -0.2) is 21.6 Å². The van der Waals surface area contributed by atoms with Crippen LogP contribution in [0.4, 0.5) is 0 Å². The molecule has 282 valence electrons. The van der Waals surface area contributed by atoms with Crippen LogP contribution in [-0.2, 0) is 13.1 Å². The average Bonchev–Trinajstić information content (AvgIpc) is 3.81. The first kappa shape index (κ1) is 34.2. The van der Waals surface area contributed by atoms with Gasteiger partial charge in [-0.1, -0.05) is 140 Å². The third-order valence-electron chi connectivity index (χ3n) is 12.5. The van der Waals surface area contributed by atoms with Gasteiger partial charge in [0, 0.05) is 38.4 Å². The Kier molecular flexibility index (Phi) is 7.79. The molecule has 0 atom stereocenters. The number of benzene rings is 8. The van der Waals surface area contributed by atoms with Crippen molar-refractivity contribution in [1.82, 2.24) is 9.13 Å². The Morgan fingerprint density at radius 3 is 2.05 bits per heavy atom. The van der Waals surface area contributed by atoms with E-state index in [1.807, 2.05) is 30.4 Å². The molecular weight excluding hydrogens is 729 g/mol. The molecule has 8 aromatic carbocycles. The lowest BCUT2D eigenvalue weighted by atomic mass is 9.82. The molecule has 0 saturated heterocycles. The van der Waals surface area contributed by atoms with Gasteiger partial charge < -0.3 is 9.13 Å². The van der Waals surface area contributed by atoms with Crippen LogP contribution in [0, 0.1) is 0 Å². The van der Waals surface area contributed by atoms with Crippen molar-refractivity contribution in [3.05, 3.63) is 216 Å². The number of fused-ring (bicyclic) bond motifs is 9. The summed E-state index contributed by atoms with van der Waals surface area (Å²) in [4.78, 5) is 9.69. The Morgan fingerprint density at radius 1 is 0.517 bits per heavy atom. The maximum atomic E-state index is 5.23. The minimum atomic E-state index is 0.464. The van der Waals surface area contributed by atoms with Gasteiger partial charge in [-0.2, -0.15) is 0 Å². The second-order valence-corrected chi connectivity index (χ2v) is 15.8.